The van der Waals surface area contributed by atoms with Gasteiger partial charge in [0, 0.05) is 6.20 Å². The highest BCUT2D eigenvalue weighted by Gasteiger charge is 2.12. The molecule has 3 aromatic rings. The van der Waals surface area contributed by atoms with Crippen LogP contribution in [-0.4, -0.2) is 20.8 Å². The molecule has 0 radical (unpaired) electrons. The Hall–Kier alpha value is -2.70. The van der Waals surface area contributed by atoms with Gasteiger partial charge in [-0.2, -0.15) is 5.10 Å². The second-order valence-corrected chi connectivity index (χ2v) is 5.85. The molecule has 128 valence electrons. The summed E-state index contributed by atoms with van der Waals surface area (Å²) in [6.07, 6.45) is 1.59. The molecule has 2 N–H and O–H groups in total. The zero-order valence-corrected chi connectivity index (χ0v) is 14.3. The summed E-state index contributed by atoms with van der Waals surface area (Å²) >= 11 is 12.1. The van der Waals surface area contributed by atoms with E-state index >= 15 is 0 Å². The van der Waals surface area contributed by atoms with E-state index in [9.17, 15) is 9.90 Å². The Labute approximate surface area is 153 Å². The van der Waals surface area contributed by atoms with Gasteiger partial charge in [-0.25, -0.2) is 4.68 Å². The summed E-state index contributed by atoms with van der Waals surface area (Å²) in [6.45, 7) is 0.0350. The van der Waals surface area contributed by atoms with Crippen molar-refractivity contribution in [2.75, 3.05) is 5.32 Å². The molecular formula is C17H13Cl2N3O3. The monoisotopic (exact) mass is 377 g/mol. The zero-order chi connectivity index (χ0) is 17.8. The van der Waals surface area contributed by atoms with Crippen molar-refractivity contribution >= 4 is 34.8 Å². The molecule has 0 spiro atoms. The Kier molecular flexibility index (Phi) is 5.11. The summed E-state index contributed by atoms with van der Waals surface area (Å²) in [5.74, 6) is -0.121. The fourth-order valence-corrected chi connectivity index (χ4v) is 2.58. The fraction of sp³-hybridized carbons (Fsp3) is 0.0588. The summed E-state index contributed by atoms with van der Waals surface area (Å²) < 4.78 is 6.98. The lowest BCUT2D eigenvalue weighted by Crippen LogP contribution is -2.14. The summed E-state index contributed by atoms with van der Waals surface area (Å²) in [6, 6.07) is 13.0. The molecule has 6 nitrogen and oxygen atoms in total. The van der Waals surface area contributed by atoms with Crippen molar-refractivity contribution in [3.05, 3.63) is 70.5 Å². The van der Waals surface area contributed by atoms with Gasteiger partial charge in [-0.05, 0) is 30.3 Å². The first kappa shape index (κ1) is 17.1. The highest BCUT2D eigenvalue weighted by atomic mass is 35.5. The summed E-state index contributed by atoms with van der Waals surface area (Å²) in [4.78, 5) is 12.2. The molecule has 8 heteroatoms. The quantitative estimate of drug-likeness (QED) is 0.653. The molecule has 0 atom stereocenters. The van der Waals surface area contributed by atoms with Crippen molar-refractivity contribution in [2.24, 2.45) is 0 Å². The number of aromatic nitrogens is 2. The van der Waals surface area contributed by atoms with Crippen molar-refractivity contribution < 1.29 is 14.6 Å². The van der Waals surface area contributed by atoms with Crippen LogP contribution in [0.25, 0.3) is 0 Å². The van der Waals surface area contributed by atoms with Gasteiger partial charge >= 0.3 is 0 Å². The van der Waals surface area contributed by atoms with Crippen molar-refractivity contribution in [2.45, 2.75) is 6.73 Å². The van der Waals surface area contributed by atoms with E-state index in [0.717, 1.165) is 0 Å². The van der Waals surface area contributed by atoms with Crippen LogP contribution in [0.1, 0.15) is 10.5 Å². The number of nitrogens with zero attached hydrogens (tertiary/aromatic N) is 2. The maximum atomic E-state index is 12.2. The van der Waals surface area contributed by atoms with E-state index in [1.54, 1.807) is 42.6 Å². The standard InChI is InChI=1S/C17H13Cl2N3O3/c18-11-4-3-5-12(19)16(11)25-10-22-9-8-14(21-22)17(24)20-13-6-1-2-7-15(13)23/h1-9,23H,10H2,(H,20,24). The van der Waals surface area contributed by atoms with Crippen LogP contribution < -0.4 is 10.1 Å². The maximum Gasteiger partial charge on any atom is 0.276 e. The molecule has 2 aromatic carbocycles. The van der Waals surface area contributed by atoms with Gasteiger partial charge < -0.3 is 15.2 Å². The first-order chi connectivity index (χ1) is 12.0. The van der Waals surface area contributed by atoms with Crippen LogP contribution in [-0.2, 0) is 6.73 Å². The van der Waals surface area contributed by atoms with Gasteiger partial charge in [-0.15, -0.1) is 0 Å². The van der Waals surface area contributed by atoms with Gasteiger partial charge in [0.1, 0.15) is 5.75 Å². The molecular weight excluding hydrogens is 365 g/mol. The second-order valence-electron chi connectivity index (χ2n) is 5.04. The topological polar surface area (TPSA) is 76.4 Å². The minimum atomic E-state index is -0.448. The van der Waals surface area contributed by atoms with Crippen LogP contribution >= 0.6 is 23.2 Å². The number of phenols is 1. The van der Waals surface area contributed by atoms with E-state index in [1.807, 2.05) is 0 Å². The molecule has 0 aliphatic rings. The third kappa shape index (κ3) is 4.04. The Bertz CT molecular complexity index is 891. The number of ether oxygens (including phenoxy) is 1. The highest BCUT2D eigenvalue weighted by molar-refractivity contribution is 6.37. The second kappa shape index (κ2) is 7.46. The van der Waals surface area contributed by atoms with Crippen LogP contribution in [0.15, 0.2) is 54.7 Å². The maximum absolute atomic E-state index is 12.2. The van der Waals surface area contributed by atoms with Crippen molar-refractivity contribution in [1.82, 2.24) is 9.78 Å². The molecule has 1 amide bonds. The first-order valence-electron chi connectivity index (χ1n) is 7.24. The highest BCUT2D eigenvalue weighted by Crippen LogP contribution is 2.32. The summed E-state index contributed by atoms with van der Waals surface area (Å²) in [7, 11) is 0. The number of aromatic hydroxyl groups is 1. The van der Waals surface area contributed by atoms with Crippen LogP contribution in [0.5, 0.6) is 11.5 Å². The van der Waals surface area contributed by atoms with Gasteiger partial charge in [0.05, 0.1) is 15.7 Å². The molecule has 0 aliphatic heterocycles. The Balaban J connectivity index is 1.66. The van der Waals surface area contributed by atoms with Gasteiger partial charge in [0.25, 0.3) is 5.91 Å². The number of hydrogen-bond acceptors (Lipinski definition) is 4. The Morgan fingerprint density at radius 3 is 2.56 bits per heavy atom. The van der Waals surface area contributed by atoms with Crippen molar-refractivity contribution in [3.8, 4) is 11.5 Å². The molecule has 3 rings (SSSR count). The molecule has 0 saturated carbocycles. The Morgan fingerprint density at radius 1 is 1.12 bits per heavy atom. The van der Waals surface area contributed by atoms with Gasteiger partial charge in [-0.1, -0.05) is 41.4 Å². The molecule has 0 aliphatic carbocycles. The van der Waals surface area contributed by atoms with Crippen LogP contribution in [0.3, 0.4) is 0 Å². The number of benzene rings is 2. The number of nitrogens with one attached hydrogen (secondary N) is 1. The number of phenolic OH excluding ortho intramolecular Hbond substituents is 1. The minimum absolute atomic E-state index is 0.0213. The van der Waals surface area contributed by atoms with Crippen LogP contribution in [0, 0.1) is 0 Å². The average molecular weight is 378 g/mol. The lowest BCUT2D eigenvalue weighted by molar-refractivity contribution is 0.102. The van der Waals surface area contributed by atoms with E-state index in [4.69, 9.17) is 27.9 Å². The SMILES string of the molecule is O=C(Nc1ccccc1O)c1ccn(COc2c(Cl)cccc2Cl)n1. The third-order valence-electron chi connectivity index (χ3n) is 3.29. The number of hydrogen-bond donors (Lipinski definition) is 2. The number of carbonyl (C=O) groups excluding carboxylic acids is 1. The minimum Gasteiger partial charge on any atom is -0.506 e. The van der Waals surface area contributed by atoms with Crippen LogP contribution in [0.2, 0.25) is 10.0 Å². The van der Waals surface area contributed by atoms with E-state index in [0.29, 0.717) is 21.5 Å². The number of carbonyl (C=O) groups is 1. The molecule has 25 heavy (non-hydrogen) atoms. The molecule has 0 fully saturated rings. The van der Waals surface area contributed by atoms with Gasteiger partial charge in [-0.3, -0.25) is 4.79 Å². The molecule has 1 heterocycles. The predicted molar refractivity (Wildman–Crippen MR) is 95.4 cm³/mol. The first-order valence-corrected chi connectivity index (χ1v) is 8.00. The van der Waals surface area contributed by atoms with Crippen molar-refractivity contribution in [3.63, 3.8) is 0 Å². The van der Waals surface area contributed by atoms with E-state index < -0.39 is 5.91 Å². The normalized spacial score (nSPS) is 10.5. The Morgan fingerprint density at radius 2 is 1.84 bits per heavy atom. The zero-order valence-electron chi connectivity index (χ0n) is 12.8. The van der Waals surface area contributed by atoms with Crippen molar-refractivity contribution in [1.29, 1.82) is 0 Å². The third-order valence-corrected chi connectivity index (χ3v) is 3.88. The molecule has 0 saturated heterocycles. The van der Waals surface area contributed by atoms with E-state index in [1.165, 1.54) is 16.8 Å². The smallest absolute Gasteiger partial charge is 0.276 e. The number of amides is 1. The average Bonchev–Trinajstić information content (AvgIpc) is 3.05. The largest absolute Gasteiger partial charge is 0.506 e. The summed E-state index contributed by atoms with van der Waals surface area (Å²) in [5.41, 5.74) is 0.484. The molecule has 0 bridgehead atoms. The lowest BCUT2D eigenvalue weighted by Gasteiger charge is -2.09. The number of anilines is 1. The molecule has 1 aromatic heterocycles. The van der Waals surface area contributed by atoms with Gasteiger partial charge in [0.2, 0.25) is 0 Å². The number of rotatable bonds is 5. The lowest BCUT2D eigenvalue weighted by atomic mass is 10.3. The van der Waals surface area contributed by atoms with E-state index in [-0.39, 0.29) is 18.2 Å². The van der Waals surface area contributed by atoms with Crippen LogP contribution in [0.4, 0.5) is 5.69 Å². The number of para-hydroxylation sites is 3. The fourth-order valence-electron chi connectivity index (χ4n) is 2.07. The predicted octanol–water partition coefficient (Wildman–Crippen LogP) is 4.18. The van der Waals surface area contributed by atoms with E-state index in [2.05, 4.69) is 10.4 Å². The summed E-state index contributed by atoms with van der Waals surface area (Å²) in [5, 5.41) is 17.2. The number of halogens is 2. The molecule has 0 unspecified atom stereocenters. The van der Waals surface area contributed by atoms with Gasteiger partial charge in [0.15, 0.2) is 18.2 Å².